The van der Waals surface area contributed by atoms with Crippen molar-refractivity contribution in [2.75, 3.05) is 5.73 Å². The van der Waals surface area contributed by atoms with Crippen LogP contribution in [0.5, 0.6) is 0 Å². The van der Waals surface area contributed by atoms with Crippen molar-refractivity contribution in [3.05, 3.63) is 225 Å². The van der Waals surface area contributed by atoms with Crippen molar-refractivity contribution in [1.82, 2.24) is 15.3 Å². The molecule has 49 heavy (non-hydrogen) atoms. The van der Waals surface area contributed by atoms with E-state index in [1.54, 1.807) is 0 Å². The Bertz CT molecular complexity index is 2420. The molecule has 9 rings (SSSR count). The van der Waals surface area contributed by atoms with E-state index in [1.165, 1.54) is 5.57 Å². The zero-order valence-corrected chi connectivity index (χ0v) is 26.8. The normalized spacial score (nSPS) is 23.3. The van der Waals surface area contributed by atoms with Gasteiger partial charge in [0.25, 0.3) is 0 Å². The van der Waals surface area contributed by atoms with Gasteiger partial charge in [0.1, 0.15) is 0 Å². The molecule has 0 fully saturated rings. The summed E-state index contributed by atoms with van der Waals surface area (Å²) in [5, 5.41) is 11.4. The highest BCUT2D eigenvalue weighted by atomic mass is 15.0. The molecule has 2 aromatic heterocycles. The number of H-pyrrole nitrogens is 2. The van der Waals surface area contributed by atoms with Crippen molar-refractivity contribution in [3.63, 3.8) is 0 Å². The van der Waals surface area contributed by atoms with E-state index >= 15 is 0 Å². The number of nitrogens with two attached hydrogens (primary N) is 1. The molecule has 3 aliphatic rings. The average Bonchev–Trinajstić information content (AvgIpc) is 3.98. The van der Waals surface area contributed by atoms with Gasteiger partial charge in [-0.2, -0.15) is 0 Å². The lowest BCUT2D eigenvalue weighted by Gasteiger charge is -2.30. The highest BCUT2D eigenvalue weighted by Gasteiger charge is 2.25. The summed E-state index contributed by atoms with van der Waals surface area (Å²) in [5.41, 5.74) is 19.8. The molecule has 2 unspecified atom stereocenters. The Morgan fingerprint density at radius 2 is 1.06 bits per heavy atom. The van der Waals surface area contributed by atoms with Crippen molar-refractivity contribution < 1.29 is 0 Å². The number of benzene rings is 4. The van der Waals surface area contributed by atoms with Crippen LogP contribution in [-0.2, 0) is 0 Å². The number of nitrogen functional groups attached to an aromatic ring is 1. The molecule has 0 saturated heterocycles. The quantitative estimate of drug-likeness (QED) is 0.153. The van der Waals surface area contributed by atoms with Crippen molar-refractivity contribution in [1.29, 1.82) is 0 Å². The van der Waals surface area contributed by atoms with Gasteiger partial charge in [0.05, 0.1) is 6.04 Å². The summed E-state index contributed by atoms with van der Waals surface area (Å²) in [4.78, 5) is 7.68. The van der Waals surface area contributed by atoms with E-state index in [-0.39, 0.29) is 12.1 Å². The zero-order chi connectivity index (χ0) is 32.7. The van der Waals surface area contributed by atoms with Crippen LogP contribution >= 0.6 is 0 Å². The molecule has 236 valence electrons. The molecule has 5 nitrogen and oxygen atoms in total. The smallest absolute Gasteiger partial charge is 0.0728 e. The number of nitrogens with one attached hydrogen (secondary N) is 3. The van der Waals surface area contributed by atoms with Crippen LogP contribution in [0.4, 0.5) is 5.69 Å². The molecule has 0 radical (unpaired) electrons. The van der Waals surface area contributed by atoms with Crippen LogP contribution < -0.4 is 21.7 Å². The summed E-state index contributed by atoms with van der Waals surface area (Å²) >= 11 is 0. The minimum atomic E-state index is -0.206. The Morgan fingerprint density at radius 3 is 1.73 bits per heavy atom. The first-order valence-corrected chi connectivity index (χ1v) is 16.7. The van der Waals surface area contributed by atoms with Gasteiger partial charge < -0.3 is 26.3 Å². The largest absolute Gasteiger partial charge is 0.674 e. The number of aromatic amines is 2. The molecule has 5 heterocycles. The van der Waals surface area contributed by atoms with E-state index in [4.69, 9.17) is 11.1 Å². The van der Waals surface area contributed by atoms with Gasteiger partial charge in [-0.3, -0.25) is 0 Å². The van der Waals surface area contributed by atoms with Crippen molar-refractivity contribution >= 4 is 28.0 Å². The lowest BCUT2D eigenvalue weighted by atomic mass is 9.98. The lowest BCUT2D eigenvalue weighted by Crippen LogP contribution is -2.30. The summed E-state index contributed by atoms with van der Waals surface area (Å²) < 4.78 is 0. The second-order valence-corrected chi connectivity index (χ2v) is 12.6. The second-order valence-electron chi connectivity index (χ2n) is 12.6. The highest BCUT2D eigenvalue weighted by molar-refractivity contribution is 5.90. The topological polar surface area (TPSA) is 83.7 Å². The summed E-state index contributed by atoms with van der Waals surface area (Å²) in [6, 6.07) is 48.4. The number of hydrogen-bond donors (Lipinski definition) is 4. The van der Waals surface area contributed by atoms with Crippen molar-refractivity contribution in [2.24, 2.45) is 0 Å². The first kappa shape index (κ1) is 28.7. The van der Waals surface area contributed by atoms with E-state index in [1.807, 2.05) is 12.1 Å². The molecule has 0 saturated carbocycles. The predicted molar refractivity (Wildman–Crippen MR) is 200 cm³/mol. The Labute approximate surface area is 285 Å². The third kappa shape index (κ3) is 5.22. The molecule has 0 aliphatic carbocycles. The van der Waals surface area contributed by atoms with E-state index in [0.29, 0.717) is 0 Å². The molecule has 0 amide bonds. The summed E-state index contributed by atoms with van der Waals surface area (Å²) in [6.45, 7) is 0. The maximum Gasteiger partial charge on any atom is 0.0728 e. The fourth-order valence-electron chi connectivity index (χ4n) is 7.28. The molecule has 5 heteroatoms. The van der Waals surface area contributed by atoms with E-state index in [9.17, 15) is 0 Å². The van der Waals surface area contributed by atoms with Crippen LogP contribution in [-0.4, -0.2) is 22.1 Å². The summed E-state index contributed by atoms with van der Waals surface area (Å²) in [5.74, 6) is 0. The Kier molecular flexibility index (Phi) is 7.02. The number of rotatable bonds is 4. The molecule has 4 aromatic carbocycles. The van der Waals surface area contributed by atoms with Crippen LogP contribution in [0.1, 0.15) is 33.6 Å². The summed E-state index contributed by atoms with van der Waals surface area (Å²) in [6.07, 6.45) is 8.86. The highest BCUT2D eigenvalue weighted by Crippen LogP contribution is 2.39. The fraction of sp³-hybridized carbons (Fsp3) is 0.0455. The number of aromatic nitrogens is 2. The van der Waals surface area contributed by atoms with Crippen molar-refractivity contribution in [3.8, 4) is 0 Å². The Morgan fingerprint density at radius 1 is 0.490 bits per heavy atom. The van der Waals surface area contributed by atoms with E-state index in [0.717, 1.165) is 78.1 Å². The van der Waals surface area contributed by atoms with Gasteiger partial charge in [-0.05, 0) is 75.9 Å². The zero-order valence-electron chi connectivity index (χ0n) is 26.8. The number of nitrogens with zero attached hydrogens (tertiary/aromatic N) is 1. The first-order chi connectivity index (χ1) is 24.2. The number of fused-ring (bicyclic) bond motifs is 8. The molecule has 3 aliphatic heterocycles. The third-order valence-corrected chi connectivity index (χ3v) is 9.54. The van der Waals surface area contributed by atoms with Crippen LogP contribution in [0.2, 0.25) is 0 Å². The molecule has 6 aromatic rings. The lowest BCUT2D eigenvalue weighted by molar-refractivity contribution is 0.855. The van der Waals surface area contributed by atoms with E-state index < -0.39 is 0 Å². The second kappa shape index (κ2) is 12.0. The molecular weight excluding hydrogens is 599 g/mol. The molecular formula is C44H34N5-. The minimum Gasteiger partial charge on any atom is -0.674 e. The van der Waals surface area contributed by atoms with Gasteiger partial charge in [-0.25, -0.2) is 0 Å². The van der Waals surface area contributed by atoms with Gasteiger partial charge in [0.15, 0.2) is 0 Å². The van der Waals surface area contributed by atoms with E-state index in [2.05, 4.69) is 167 Å². The molecule has 8 bridgehead atoms. The van der Waals surface area contributed by atoms with Gasteiger partial charge in [0.2, 0.25) is 0 Å². The van der Waals surface area contributed by atoms with Gasteiger partial charge in [-0.15, -0.1) is 5.70 Å². The fourth-order valence-corrected chi connectivity index (χ4v) is 7.28. The van der Waals surface area contributed by atoms with Gasteiger partial charge in [-0.1, -0.05) is 127 Å². The Balaban J connectivity index is 1.35. The standard InChI is InChI=1S/C44H34N5/c45-32-18-16-31(17-19-32)44-39-26-24-37(48-39)42(29-12-6-2-7-13-29)35-22-20-33(46-35)41(28-10-4-1-5-11-28)34-21-23-36(47-34)43(30-14-8-3-9-15-30)38-25-27-40(44)49-38/h1-27,35,40,46-48H,45H2/q-1/b41-33-,42-37-,43-38-,44-39-. The molecule has 0 spiro atoms. The van der Waals surface area contributed by atoms with Crippen molar-refractivity contribution in [2.45, 2.75) is 12.1 Å². The third-order valence-electron chi connectivity index (χ3n) is 9.54. The van der Waals surface area contributed by atoms with Gasteiger partial charge >= 0.3 is 0 Å². The maximum absolute atomic E-state index is 6.15. The van der Waals surface area contributed by atoms with Crippen LogP contribution in [0, 0.1) is 0 Å². The number of hydrogen-bond acceptors (Lipinski definition) is 2. The number of anilines is 1. The predicted octanol–water partition coefficient (Wildman–Crippen LogP) is 7.40. The first-order valence-electron chi connectivity index (χ1n) is 16.7. The molecule has 2 atom stereocenters. The average molecular weight is 633 g/mol. The van der Waals surface area contributed by atoms with Crippen LogP contribution in [0.3, 0.4) is 0 Å². The monoisotopic (exact) mass is 632 g/mol. The maximum atomic E-state index is 6.15. The van der Waals surface area contributed by atoms with Crippen LogP contribution in [0.25, 0.3) is 27.6 Å². The minimum absolute atomic E-state index is 0.0626. The Hall–Kier alpha value is -6.46. The van der Waals surface area contributed by atoms with Gasteiger partial charge in [0, 0.05) is 44.6 Å². The van der Waals surface area contributed by atoms with Crippen LogP contribution in [0.15, 0.2) is 175 Å². The SMILES string of the molecule is Nc1ccc(/C2=c3\cc/c([nH]3)=C(\c3ccccc3)C3C=C/C(=C(\c4ccccc4)c4ccc([nH]4)/C(c4ccccc4)=C4/C=CC2[N-]4)N3)cc1. The summed E-state index contributed by atoms with van der Waals surface area (Å²) in [7, 11) is 0. The number of allylic oxidation sites excluding steroid dienone is 2. The molecule has 5 N–H and O–H groups in total.